The Bertz CT molecular complexity index is 520. The Hall–Kier alpha value is -1.84. The first-order valence-corrected chi connectivity index (χ1v) is 8.25. The van der Waals surface area contributed by atoms with E-state index in [0.29, 0.717) is 19.5 Å². The Kier molecular flexibility index (Phi) is 5.99. The quantitative estimate of drug-likeness (QED) is 0.909. The molecule has 4 heteroatoms. The van der Waals surface area contributed by atoms with Crippen LogP contribution in [0.4, 0.5) is 0 Å². The van der Waals surface area contributed by atoms with Gasteiger partial charge in [-0.25, -0.2) is 0 Å². The molecule has 120 valence electrons. The molecule has 4 nitrogen and oxygen atoms in total. The summed E-state index contributed by atoms with van der Waals surface area (Å²) in [4.78, 5) is 26.1. The molecule has 0 bridgehead atoms. The topological polar surface area (TPSA) is 49.4 Å². The number of hydrogen-bond donors (Lipinski definition) is 1. The molecule has 1 aliphatic heterocycles. The van der Waals surface area contributed by atoms with Crippen molar-refractivity contribution in [1.29, 1.82) is 0 Å². The summed E-state index contributed by atoms with van der Waals surface area (Å²) in [7, 11) is 0. The molecule has 2 rings (SSSR count). The molecular formula is C18H26N2O2. The number of aryl methyl sites for hydroxylation is 1. The van der Waals surface area contributed by atoms with Crippen LogP contribution in [-0.4, -0.2) is 35.8 Å². The van der Waals surface area contributed by atoms with E-state index in [2.05, 4.69) is 12.2 Å². The fraction of sp³-hybridized carbons (Fsp3) is 0.556. The van der Waals surface area contributed by atoms with Gasteiger partial charge in [0, 0.05) is 31.1 Å². The van der Waals surface area contributed by atoms with E-state index in [1.54, 1.807) is 0 Å². The van der Waals surface area contributed by atoms with Crippen LogP contribution in [0.3, 0.4) is 0 Å². The lowest BCUT2D eigenvalue weighted by Gasteiger charge is -2.32. The van der Waals surface area contributed by atoms with Crippen LogP contribution in [0.15, 0.2) is 24.3 Å². The molecule has 0 radical (unpaired) electrons. The minimum Gasteiger partial charge on any atom is -0.353 e. The third-order valence-corrected chi connectivity index (χ3v) is 4.17. The monoisotopic (exact) mass is 302 g/mol. The van der Waals surface area contributed by atoms with Gasteiger partial charge >= 0.3 is 0 Å². The number of carbonyl (C=O) groups is 2. The van der Waals surface area contributed by atoms with Gasteiger partial charge < -0.3 is 10.2 Å². The average Bonchev–Trinajstić information content (AvgIpc) is 2.53. The molecule has 0 unspecified atom stereocenters. The predicted molar refractivity (Wildman–Crippen MR) is 87.8 cm³/mol. The Balaban J connectivity index is 1.82. The Labute approximate surface area is 132 Å². The largest absolute Gasteiger partial charge is 0.353 e. The Morgan fingerprint density at radius 1 is 1.27 bits per heavy atom. The summed E-state index contributed by atoms with van der Waals surface area (Å²) < 4.78 is 0. The zero-order valence-corrected chi connectivity index (χ0v) is 13.6. The SMILES string of the molecule is CCCCC(=O)NC1CCN(C(=O)c2cccc(C)c2)CC1. The predicted octanol–water partition coefficient (Wildman–Crippen LogP) is 2.91. The normalized spacial score (nSPS) is 15.6. The zero-order chi connectivity index (χ0) is 15.9. The van der Waals surface area contributed by atoms with E-state index in [9.17, 15) is 9.59 Å². The van der Waals surface area contributed by atoms with Crippen LogP contribution < -0.4 is 5.32 Å². The van der Waals surface area contributed by atoms with Gasteiger partial charge in [-0.15, -0.1) is 0 Å². The molecule has 1 aliphatic rings. The van der Waals surface area contributed by atoms with E-state index in [1.807, 2.05) is 36.1 Å². The molecule has 1 heterocycles. The Morgan fingerprint density at radius 3 is 2.64 bits per heavy atom. The molecule has 1 N–H and O–H groups in total. The van der Waals surface area contributed by atoms with E-state index < -0.39 is 0 Å². The van der Waals surface area contributed by atoms with Crippen LogP contribution >= 0.6 is 0 Å². The minimum atomic E-state index is 0.0967. The van der Waals surface area contributed by atoms with Crippen LogP contribution in [0, 0.1) is 6.92 Å². The van der Waals surface area contributed by atoms with E-state index in [0.717, 1.165) is 36.8 Å². The fourth-order valence-electron chi connectivity index (χ4n) is 2.82. The summed E-state index contributed by atoms with van der Waals surface area (Å²) in [6, 6.07) is 7.93. The zero-order valence-electron chi connectivity index (χ0n) is 13.6. The first kappa shape index (κ1) is 16.5. The summed E-state index contributed by atoms with van der Waals surface area (Å²) in [5.41, 5.74) is 1.86. The Morgan fingerprint density at radius 2 is 2.00 bits per heavy atom. The van der Waals surface area contributed by atoms with Gasteiger partial charge in [0.05, 0.1) is 0 Å². The number of likely N-dealkylation sites (tertiary alicyclic amines) is 1. The van der Waals surface area contributed by atoms with Crippen LogP contribution in [-0.2, 0) is 4.79 Å². The number of nitrogens with one attached hydrogen (secondary N) is 1. The van der Waals surface area contributed by atoms with Crippen molar-refractivity contribution in [3.05, 3.63) is 35.4 Å². The van der Waals surface area contributed by atoms with Gasteiger partial charge in [-0.2, -0.15) is 0 Å². The standard InChI is InChI=1S/C18H26N2O2/c1-3-4-8-17(21)19-16-9-11-20(12-10-16)18(22)15-7-5-6-14(2)13-15/h5-7,13,16H,3-4,8-12H2,1-2H3,(H,19,21). The minimum absolute atomic E-state index is 0.0967. The molecule has 22 heavy (non-hydrogen) atoms. The van der Waals surface area contributed by atoms with E-state index in [4.69, 9.17) is 0 Å². The summed E-state index contributed by atoms with van der Waals surface area (Å²) in [5, 5.41) is 3.09. The van der Waals surface area contributed by atoms with Crippen molar-refractivity contribution < 1.29 is 9.59 Å². The number of unbranched alkanes of at least 4 members (excludes halogenated alkanes) is 1. The molecular weight excluding hydrogens is 276 g/mol. The van der Waals surface area contributed by atoms with Gasteiger partial charge in [-0.1, -0.05) is 31.0 Å². The fourth-order valence-corrected chi connectivity index (χ4v) is 2.82. The highest BCUT2D eigenvalue weighted by Gasteiger charge is 2.24. The molecule has 1 aromatic rings. The lowest BCUT2D eigenvalue weighted by molar-refractivity contribution is -0.122. The van der Waals surface area contributed by atoms with Gasteiger partial charge in [0.25, 0.3) is 5.91 Å². The second kappa shape index (κ2) is 7.97. The molecule has 0 saturated carbocycles. The number of amides is 2. The average molecular weight is 302 g/mol. The highest BCUT2D eigenvalue weighted by Crippen LogP contribution is 2.15. The highest BCUT2D eigenvalue weighted by atomic mass is 16.2. The number of nitrogens with zero attached hydrogens (tertiary/aromatic N) is 1. The van der Waals surface area contributed by atoms with Crippen molar-refractivity contribution in [3.63, 3.8) is 0 Å². The summed E-state index contributed by atoms with van der Waals surface area (Å²) in [6.07, 6.45) is 4.27. The van der Waals surface area contributed by atoms with E-state index in [-0.39, 0.29) is 17.9 Å². The number of rotatable bonds is 5. The van der Waals surface area contributed by atoms with Gasteiger partial charge in [-0.3, -0.25) is 9.59 Å². The lowest BCUT2D eigenvalue weighted by atomic mass is 10.0. The van der Waals surface area contributed by atoms with Crippen molar-refractivity contribution in [2.75, 3.05) is 13.1 Å². The van der Waals surface area contributed by atoms with Gasteiger partial charge in [0.15, 0.2) is 0 Å². The van der Waals surface area contributed by atoms with Crippen molar-refractivity contribution >= 4 is 11.8 Å². The van der Waals surface area contributed by atoms with Crippen molar-refractivity contribution in [2.24, 2.45) is 0 Å². The number of benzene rings is 1. The third-order valence-electron chi connectivity index (χ3n) is 4.17. The first-order chi connectivity index (χ1) is 10.6. The summed E-state index contributed by atoms with van der Waals surface area (Å²) in [6.45, 7) is 5.51. The van der Waals surface area contributed by atoms with E-state index >= 15 is 0 Å². The highest BCUT2D eigenvalue weighted by molar-refractivity contribution is 5.94. The van der Waals surface area contributed by atoms with Gasteiger partial charge in [-0.05, 0) is 38.3 Å². The maximum Gasteiger partial charge on any atom is 0.253 e. The number of hydrogen-bond acceptors (Lipinski definition) is 2. The first-order valence-electron chi connectivity index (χ1n) is 8.25. The molecule has 2 amide bonds. The van der Waals surface area contributed by atoms with Crippen LogP contribution in [0.2, 0.25) is 0 Å². The summed E-state index contributed by atoms with van der Waals surface area (Å²) in [5.74, 6) is 0.241. The van der Waals surface area contributed by atoms with Gasteiger partial charge in [0.2, 0.25) is 5.91 Å². The van der Waals surface area contributed by atoms with Crippen molar-refractivity contribution in [3.8, 4) is 0 Å². The van der Waals surface area contributed by atoms with Crippen LogP contribution in [0.1, 0.15) is 54.9 Å². The molecule has 1 saturated heterocycles. The van der Waals surface area contributed by atoms with Crippen molar-refractivity contribution in [2.45, 2.75) is 52.0 Å². The third kappa shape index (κ3) is 4.58. The van der Waals surface area contributed by atoms with E-state index in [1.165, 1.54) is 0 Å². The number of piperidine rings is 1. The molecule has 0 spiro atoms. The lowest BCUT2D eigenvalue weighted by Crippen LogP contribution is -2.46. The van der Waals surface area contributed by atoms with Crippen LogP contribution in [0.5, 0.6) is 0 Å². The van der Waals surface area contributed by atoms with Crippen LogP contribution in [0.25, 0.3) is 0 Å². The smallest absolute Gasteiger partial charge is 0.253 e. The maximum atomic E-state index is 12.5. The molecule has 1 aromatic carbocycles. The summed E-state index contributed by atoms with van der Waals surface area (Å²) >= 11 is 0. The van der Waals surface area contributed by atoms with Gasteiger partial charge in [0.1, 0.15) is 0 Å². The second-order valence-electron chi connectivity index (χ2n) is 6.11. The van der Waals surface area contributed by atoms with Crippen molar-refractivity contribution in [1.82, 2.24) is 10.2 Å². The number of carbonyl (C=O) groups excluding carboxylic acids is 2. The maximum absolute atomic E-state index is 12.5. The molecule has 0 atom stereocenters. The molecule has 0 aliphatic carbocycles. The second-order valence-corrected chi connectivity index (χ2v) is 6.11. The molecule has 0 aromatic heterocycles. The molecule has 1 fully saturated rings.